The summed E-state index contributed by atoms with van der Waals surface area (Å²) in [7, 11) is 0. The fraction of sp³-hybridized carbons (Fsp3) is 0.364. The lowest BCUT2D eigenvalue weighted by molar-refractivity contribution is -0.117. The van der Waals surface area contributed by atoms with Gasteiger partial charge in [0.2, 0.25) is 11.8 Å². The number of carbonyl (C=O) groups is 2. The molecule has 5 heteroatoms. The van der Waals surface area contributed by atoms with Crippen molar-refractivity contribution in [2.45, 2.75) is 34.1 Å². The van der Waals surface area contributed by atoms with Crippen molar-refractivity contribution >= 4 is 28.9 Å². The van der Waals surface area contributed by atoms with Gasteiger partial charge in [-0.15, -0.1) is 0 Å². The molecule has 0 aliphatic heterocycles. The van der Waals surface area contributed by atoms with Crippen LogP contribution in [0.3, 0.4) is 0 Å². The Morgan fingerprint density at radius 2 is 1.59 bits per heavy atom. The molecule has 144 valence electrons. The van der Waals surface area contributed by atoms with E-state index in [1.165, 1.54) is 6.92 Å². The van der Waals surface area contributed by atoms with Crippen LogP contribution in [0.15, 0.2) is 48.5 Å². The van der Waals surface area contributed by atoms with Gasteiger partial charge < -0.3 is 15.1 Å². The molecule has 0 fully saturated rings. The Morgan fingerprint density at radius 3 is 2.15 bits per heavy atom. The molecule has 0 heterocycles. The molecule has 0 saturated carbocycles. The van der Waals surface area contributed by atoms with Gasteiger partial charge in [0, 0.05) is 50.0 Å². The van der Waals surface area contributed by atoms with Gasteiger partial charge in [0.1, 0.15) is 0 Å². The zero-order chi connectivity index (χ0) is 19.8. The summed E-state index contributed by atoms with van der Waals surface area (Å²) < 4.78 is 0. The van der Waals surface area contributed by atoms with Gasteiger partial charge in [-0.1, -0.05) is 12.1 Å². The Balaban J connectivity index is 2.01. The van der Waals surface area contributed by atoms with Gasteiger partial charge in [-0.3, -0.25) is 9.59 Å². The molecule has 2 rings (SSSR count). The number of aryl methyl sites for hydroxylation is 1. The molecular formula is C22H29N3O2. The van der Waals surface area contributed by atoms with E-state index in [1.54, 1.807) is 4.90 Å². The maximum Gasteiger partial charge on any atom is 0.226 e. The summed E-state index contributed by atoms with van der Waals surface area (Å²) in [5, 5.41) is 2.88. The van der Waals surface area contributed by atoms with Crippen LogP contribution in [0.4, 0.5) is 17.1 Å². The second-order valence-electron chi connectivity index (χ2n) is 6.53. The number of nitrogens with zero attached hydrogens (tertiary/aromatic N) is 2. The molecule has 0 aromatic heterocycles. The molecule has 0 radical (unpaired) electrons. The number of anilines is 3. The van der Waals surface area contributed by atoms with Crippen molar-refractivity contribution in [3.05, 3.63) is 54.1 Å². The molecule has 2 aromatic rings. The summed E-state index contributed by atoms with van der Waals surface area (Å²) in [6.45, 7) is 9.96. The topological polar surface area (TPSA) is 52.6 Å². The first-order valence-corrected chi connectivity index (χ1v) is 9.44. The third kappa shape index (κ3) is 5.84. The normalized spacial score (nSPS) is 10.4. The molecule has 0 bridgehead atoms. The van der Waals surface area contributed by atoms with Crippen molar-refractivity contribution in [1.82, 2.24) is 0 Å². The number of hydrogen-bond acceptors (Lipinski definition) is 3. The second-order valence-corrected chi connectivity index (χ2v) is 6.53. The molecule has 5 nitrogen and oxygen atoms in total. The van der Waals surface area contributed by atoms with Crippen LogP contribution in [-0.2, 0) is 9.59 Å². The standard InChI is InChI=1S/C22H29N3O2/c1-5-24(6-2)20-10-12-21(13-11-20)25(18(4)26)15-14-22(27)23-19-9-7-8-17(3)16-19/h7-13,16H,5-6,14-15H2,1-4H3,(H,23,27). The van der Waals surface area contributed by atoms with Crippen molar-refractivity contribution in [2.75, 3.05) is 34.8 Å². The average molecular weight is 367 g/mol. The quantitative estimate of drug-likeness (QED) is 0.760. The molecule has 0 unspecified atom stereocenters. The maximum absolute atomic E-state index is 12.2. The summed E-state index contributed by atoms with van der Waals surface area (Å²) in [6, 6.07) is 15.6. The van der Waals surface area contributed by atoms with Crippen LogP contribution in [0, 0.1) is 6.92 Å². The SMILES string of the molecule is CCN(CC)c1ccc(N(CCC(=O)Nc2cccc(C)c2)C(C)=O)cc1. The summed E-state index contributed by atoms with van der Waals surface area (Å²) in [5.74, 6) is -0.180. The Kier molecular flexibility index (Phi) is 7.41. The van der Waals surface area contributed by atoms with Crippen molar-refractivity contribution < 1.29 is 9.59 Å². The van der Waals surface area contributed by atoms with E-state index >= 15 is 0 Å². The highest BCUT2D eigenvalue weighted by molar-refractivity contribution is 5.95. The third-order valence-electron chi connectivity index (χ3n) is 4.53. The van der Waals surface area contributed by atoms with E-state index in [9.17, 15) is 9.59 Å². The van der Waals surface area contributed by atoms with E-state index in [-0.39, 0.29) is 18.2 Å². The Morgan fingerprint density at radius 1 is 0.963 bits per heavy atom. The number of rotatable bonds is 8. The Hall–Kier alpha value is -2.82. The van der Waals surface area contributed by atoms with Crippen LogP contribution in [0.2, 0.25) is 0 Å². The van der Waals surface area contributed by atoms with Crippen molar-refractivity contribution in [2.24, 2.45) is 0 Å². The molecular weight excluding hydrogens is 338 g/mol. The summed E-state index contributed by atoms with van der Waals surface area (Å²) >= 11 is 0. The van der Waals surface area contributed by atoms with Gasteiger partial charge in [-0.05, 0) is 62.7 Å². The van der Waals surface area contributed by atoms with Gasteiger partial charge in [0.05, 0.1) is 0 Å². The Bertz CT molecular complexity index is 767. The number of nitrogens with one attached hydrogen (secondary N) is 1. The highest BCUT2D eigenvalue weighted by atomic mass is 16.2. The zero-order valence-electron chi connectivity index (χ0n) is 16.7. The lowest BCUT2D eigenvalue weighted by atomic mass is 10.2. The first-order chi connectivity index (χ1) is 12.9. The van der Waals surface area contributed by atoms with Crippen molar-refractivity contribution in [3.63, 3.8) is 0 Å². The average Bonchev–Trinajstić information content (AvgIpc) is 2.64. The van der Waals surface area contributed by atoms with Crippen LogP contribution in [-0.4, -0.2) is 31.4 Å². The lowest BCUT2D eigenvalue weighted by Gasteiger charge is -2.24. The monoisotopic (exact) mass is 367 g/mol. The smallest absolute Gasteiger partial charge is 0.226 e. The van der Waals surface area contributed by atoms with Crippen LogP contribution in [0.1, 0.15) is 32.8 Å². The minimum atomic E-state index is -0.105. The molecule has 0 atom stereocenters. The lowest BCUT2D eigenvalue weighted by Crippen LogP contribution is -2.32. The maximum atomic E-state index is 12.2. The summed E-state index contributed by atoms with van der Waals surface area (Å²) in [4.78, 5) is 28.2. The molecule has 2 amide bonds. The largest absolute Gasteiger partial charge is 0.372 e. The van der Waals surface area contributed by atoms with Gasteiger partial charge in [-0.25, -0.2) is 0 Å². The van der Waals surface area contributed by atoms with Crippen LogP contribution >= 0.6 is 0 Å². The number of carbonyl (C=O) groups excluding carboxylic acids is 2. The molecule has 1 N–H and O–H groups in total. The third-order valence-corrected chi connectivity index (χ3v) is 4.53. The predicted octanol–water partition coefficient (Wildman–Crippen LogP) is 4.22. The molecule has 0 aliphatic carbocycles. The molecule has 0 spiro atoms. The number of benzene rings is 2. The van der Waals surface area contributed by atoms with E-state index in [0.29, 0.717) is 6.54 Å². The van der Waals surface area contributed by atoms with E-state index in [4.69, 9.17) is 0 Å². The highest BCUT2D eigenvalue weighted by Crippen LogP contribution is 2.21. The second kappa shape index (κ2) is 9.76. The minimum absolute atomic E-state index is 0.0751. The van der Waals surface area contributed by atoms with Crippen molar-refractivity contribution in [1.29, 1.82) is 0 Å². The molecule has 0 saturated heterocycles. The highest BCUT2D eigenvalue weighted by Gasteiger charge is 2.14. The van der Waals surface area contributed by atoms with E-state index in [0.717, 1.165) is 35.7 Å². The molecule has 0 aliphatic rings. The van der Waals surface area contributed by atoms with Gasteiger partial charge in [-0.2, -0.15) is 0 Å². The number of hydrogen-bond donors (Lipinski definition) is 1. The fourth-order valence-electron chi connectivity index (χ4n) is 3.06. The van der Waals surface area contributed by atoms with Gasteiger partial charge in [0.25, 0.3) is 0 Å². The summed E-state index contributed by atoms with van der Waals surface area (Å²) in [5.41, 5.74) is 3.80. The zero-order valence-corrected chi connectivity index (χ0v) is 16.7. The van der Waals surface area contributed by atoms with E-state index in [1.807, 2.05) is 55.5 Å². The predicted molar refractivity (Wildman–Crippen MR) is 112 cm³/mol. The van der Waals surface area contributed by atoms with E-state index in [2.05, 4.69) is 24.1 Å². The Labute approximate surface area is 162 Å². The van der Waals surface area contributed by atoms with Crippen LogP contribution < -0.4 is 15.1 Å². The van der Waals surface area contributed by atoms with Crippen molar-refractivity contribution in [3.8, 4) is 0 Å². The minimum Gasteiger partial charge on any atom is -0.372 e. The van der Waals surface area contributed by atoms with Crippen LogP contribution in [0.25, 0.3) is 0 Å². The first kappa shape index (κ1) is 20.5. The van der Waals surface area contributed by atoms with Gasteiger partial charge >= 0.3 is 0 Å². The fourth-order valence-corrected chi connectivity index (χ4v) is 3.06. The van der Waals surface area contributed by atoms with Crippen LogP contribution in [0.5, 0.6) is 0 Å². The molecule has 27 heavy (non-hydrogen) atoms. The van der Waals surface area contributed by atoms with Gasteiger partial charge in [0.15, 0.2) is 0 Å². The van der Waals surface area contributed by atoms with E-state index < -0.39 is 0 Å². The first-order valence-electron chi connectivity index (χ1n) is 9.44. The summed E-state index contributed by atoms with van der Waals surface area (Å²) in [6.07, 6.45) is 0.241. The number of amides is 2. The molecule has 2 aromatic carbocycles.